The van der Waals surface area contributed by atoms with Crippen LogP contribution < -0.4 is 0 Å². The van der Waals surface area contributed by atoms with Gasteiger partial charge in [0.25, 0.3) is 0 Å². The minimum absolute atomic E-state index is 0.0236. The molecule has 0 saturated carbocycles. The average Bonchev–Trinajstić information content (AvgIpc) is 2.73. The van der Waals surface area contributed by atoms with Gasteiger partial charge < -0.3 is 23.7 Å². The van der Waals surface area contributed by atoms with Crippen molar-refractivity contribution in [2.45, 2.75) is 128 Å². The summed E-state index contributed by atoms with van der Waals surface area (Å²) < 4.78 is 30.1. The summed E-state index contributed by atoms with van der Waals surface area (Å²) in [6.45, 7) is 8.00. The van der Waals surface area contributed by atoms with Gasteiger partial charge in [0.2, 0.25) is 0 Å². The van der Waals surface area contributed by atoms with Crippen LogP contribution in [0.3, 0.4) is 0 Å². The van der Waals surface area contributed by atoms with E-state index in [1.165, 1.54) is 6.92 Å². The van der Waals surface area contributed by atoms with Gasteiger partial charge in [-0.25, -0.2) is 0 Å². The molecule has 0 aromatic heterocycles. The molecule has 3 heterocycles. The molecule has 0 unspecified atom stereocenters. The Bertz CT molecular complexity index is 690. The van der Waals surface area contributed by atoms with Gasteiger partial charge >= 0.3 is 11.9 Å². The van der Waals surface area contributed by atoms with Crippen molar-refractivity contribution in [2.75, 3.05) is 7.11 Å². The third-order valence-electron chi connectivity index (χ3n) is 7.20. The molecule has 3 rings (SSSR count). The zero-order chi connectivity index (χ0) is 24.7. The Balaban J connectivity index is 1.80. The highest BCUT2D eigenvalue weighted by Crippen LogP contribution is 2.34. The Morgan fingerprint density at radius 3 is 2.47 bits per heavy atom. The van der Waals surface area contributed by atoms with Gasteiger partial charge in [-0.05, 0) is 43.6 Å². The Morgan fingerprint density at radius 1 is 1.03 bits per heavy atom. The lowest BCUT2D eigenvalue weighted by Crippen LogP contribution is -2.43. The maximum atomic E-state index is 12.9. The minimum atomic E-state index is -0.342. The van der Waals surface area contributed by atoms with Crippen molar-refractivity contribution < 1.29 is 33.3 Å². The number of allylic oxidation sites excluding steroid dienone is 1. The normalized spacial score (nSPS) is 37.8. The van der Waals surface area contributed by atoms with Crippen molar-refractivity contribution in [2.24, 2.45) is 11.8 Å². The van der Waals surface area contributed by atoms with Crippen LogP contribution in [0, 0.1) is 11.8 Å². The highest BCUT2D eigenvalue weighted by Gasteiger charge is 2.37. The number of hydrogen-bond donors (Lipinski definition) is 0. The minimum Gasteiger partial charge on any atom is -0.462 e. The van der Waals surface area contributed by atoms with E-state index in [4.69, 9.17) is 23.7 Å². The molecule has 3 saturated heterocycles. The lowest BCUT2D eigenvalue weighted by atomic mass is 9.86. The monoisotopic (exact) mass is 480 g/mol. The lowest BCUT2D eigenvalue weighted by molar-refractivity contribution is -0.172. The molecule has 0 aromatic rings. The van der Waals surface area contributed by atoms with Gasteiger partial charge in [-0.15, -0.1) is 0 Å². The predicted molar refractivity (Wildman–Crippen MR) is 128 cm³/mol. The van der Waals surface area contributed by atoms with Gasteiger partial charge in [-0.1, -0.05) is 26.8 Å². The van der Waals surface area contributed by atoms with Crippen LogP contribution in [0.1, 0.15) is 85.5 Å². The van der Waals surface area contributed by atoms with E-state index in [0.717, 1.165) is 25.7 Å². The first kappa shape index (κ1) is 27.2. The molecule has 0 N–H and O–H groups in total. The number of esters is 2. The molecule has 3 aliphatic heterocycles. The Hall–Kier alpha value is -1.44. The number of carbonyl (C=O) groups is 2. The molecular weight excluding hydrogens is 436 g/mol. The third-order valence-corrected chi connectivity index (χ3v) is 7.20. The summed E-state index contributed by atoms with van der Waals surface area (Å²) in [5.74, 6) is 0.384. The first-order chi connectivity index (χ1) is 16.2. The number of ether oxygens (including phenoxy) is 5. The molecule has 4 bridgehead atoms. The van der Waals surface area contributed by atoms with E-state index in [1.54, 1.807) is 7.11 Å². The summed E-state index contributed by atoms with van der Waals surface area (Å²) in [5.41, 5.74) is 0. The first-order valence-electron chi connectivity index (χ1n) is 13.1. The van der Waals surface area contributed by atoms with Crippen molar-refractivity contribution in [3.8, 4) is 0 Å². The van der Waals surface area contributed by atoms with Crippen molar-refractivity contribution in [3.05, 3.63) is 12.2 Å². The molecule has 194 valence electrons. The number of rotatable bonds is 5. The molecule has 0 aliphatic carbocycles. The van der Waals surface area contributed by atoms with Crippen LogP contribution in [0.4, 0.5) is 0 Å². The predicted octanol–water partition coefficient (Wildman–Crippen LogP) is 4.75. The first-order valence-corrected chi connectivity index (χ1v) is 13.1. The topological polar surface area (TPSA) is 80.3 Å². The number of cyclic esters (lactones) is 1. The Kier molecular flexibility index (Phi) is 10.4. The van der Waals surface area contributed by atoms with Gasteiger partial charge in [0.1, 0.15) is 12.2 Å². The van der Waals surface area contributed by atoms with Crippen molar-refractivity contribution >= 4 is 11.9 Å². The average molecular weight is 481 g/mol. The fourth-order valence-electron chi connectivity index (χ4n) is 5.40. The van der Waals surface area contributed by atoms with Crippen molar-refractivity contribution in [1.82, 2.24) is 0 Å². The van der Waals surface area contributed by atoms with E-state index >= 15 is 0 Å². The van der Waals surface area contributed by atoms with Crippen LogP contribution in [-0.2, 0) is 33.3 Å². The molecule has 3 fully saturated rings. The van der Waals surface area contributed by atoms with Crippen molar-refractivity contribution in [1.29, 1.82) is 0 Å². The van der Waals surface area contributed by atoms with Gasteiger partial charge in [-0.2, -0.15) is 0 Å². The highest BCUT2D eigenvalue weighted by molar-refractivity contribution is 5.70. The van der Waals surface area contributed by atoms with E-state index in [1.807, 2.05) is 6.08 Å². The van der Waals surface area contributed by atoms with Gasteiger partial charge in [-0.3, -0.25) is 9.59 Å². The summed E-state index contributed by atoms with van der Waals surface area (Å²) in [6, 6.07) is 0. The van der Waals surface area contributed by atoms with Crippen LogP contribution >= 0.6 is 0 Å². The number of fused-ring (bicyclic) bond motifs is 4. The fraction of sp³-hybridized carbons (Fsp3) is 0.852. The van der Waals surface area contributed by atoms with Crippen LogP contribution in [0.2, 0.25) is 0 Å². The molecule has 8 atom stereocenters. The second-order valence-corrected chi connectivity index (χ2v) is 10.8. The van der Waals surface area contributed by atoms with Gasteiger partial charge in [0.15, 0.2) is 0 Å². The Morgan fingerprint density at radius 2 is 1.76 bits per heavy atom. The smallest absolute Gasteiger partial charge is 0.309 e. The Labute approximate surface area is 204 Å². The second-order valence-electron chi connectivity index (χ2n) is 10.8. The maximum Gasteiger partial charge on any atom is 0.309 e. The SMILES string of the molecule is CO[C@H]1C[C@@H]2C[C@H](OC(C)=O)C[C@H](CC(=O)O[C@@H](/C=C/CC(C)C)C[C@@H]3CC[C@H](C)[C@@H](C1)O3)O2. The maximum absolute atomic E-state index is 12.9. The van der Waals surface area contributed by atoms with E-state index in [2.05, 4.69) is 26.8 Å². The summed E-state index contributed by atoms with van der Waals surface area (Å²) >= 11 is 0. The lowest BCUT2D eigenvalue weighted by Gasteiger charge is -2.40. The van der Waals surface area contributed by atoms with Crippen LogP contribution in [0.25, 0.3) is 0 Å². The quantitative estimate of drug-likeness (QED) is 0.415. The number of hydrogen-bond acceptors (Lipinski definition) is 7. The second kappa shape index (κ2) is 13.0. The van der Waals surface area contributed by atoms with Gasteiger partial charge in [0.05, 0.1) is 36.9 Å². The third kappa shape index (κ3) is 8.65. The molecule has 0 radical (unpaired) electrons. The van der Waals surface area contributed by atoms with Crippen LogP contribution in [0.5, 0.6) is 0 Å². The van der Waals surface area contributed by atoms with Crippen molar-refractivity contribution in [3.63, 3.8) is 0 Å². The standard InChI is InChI=1S/C27H44O7/c1-17(2)7-6-8-20-11-21-10-9-18(3)26(33-21)15-22(30-5)12-24-13-23(31-19(4)28)14-25(32-24)16-27(29)34-20/h6,8,17-18,20-26H,7,9-16H2,1-5H3/b8-6+/t18-,20-,21-,22-,23-,24+,25+,26+/m0/s1. The molecule has 0 amide bonds. The fourth-order valence-corrected chi connectivity index (χ4v) is 5.40. The van der Waals surface area contributed by atoms with E-state index in [-0.39, 0.29) is 61.1 Å². The highest BCUT2D eigenvalue weighted by atomic mass is 16.6. The molecular formula is C27H44O7. The van der Waals surface area contributed by atoms with Crippen LogP contribution in [0.15, 0.2) is 12.2 Å². The molecule has 34 heavy (non-hydrogen) atoms. The molecule has 3 aliphatic rings. The van der Waals surface area contributed by atoms with E-state index in [9.17, 15) is 9.59 Å². The molecule has 7 heteroatoms. The summed E-state index contributed by atoms with van der Waals surface area (Å²) in [6.07, 6.45) is 9.55. The van der Waals surface area contributed by atoms with Gasteiger partial charge in [0, 0.05) is 39.7 Å². The molecule has 7 nitrogen and oxygen atoms in total. The number of carbonyl (C=O) groups excluding carboxylic acids is 2. The van der Waals surface area contributed by atoms with Crippen LogP contribution in [-0.4, -0.2) is 61.8 Å². The van der Waals surface area contributed by atoms with E-state index < -0.39 is 0 Å². The summed E-state index contributed by atoms with van der Waals surface area (Å²) in [5, 5.41) is 0. The largest absolute Gasteiger partial charge is 0.462 e. The summed E-state index contributed by atoms with van der Waals surface area (Å²) in [4.78, 5) is 24.5. The van der Waals surface area contributed by atoms with E-state index in [0.29, 0.717) is 37.5 Å². The zero-order valence-electron chi connectivity index (χ0n) is 21.6. The number of methoxy groups -OCH3 is 1. The summed E-state index contributed by atoms with van der Waals surface area (Å²) in [7, 11) is 1.73. The zero-order valence-corrected chi connectivity index (χ0v) is 21.6. The molecule has 0 aromatic carbocycles. The molecule has 0 spiro atoms.